The van der Waals surface area contributed by atoms with Crippen molar-refractivity contribution in [3.8, 4) is 0 Å². The van der Waals surface area contributed by atoms with Gasteiger partial charge < -0.3 is 11.1 Å². The molecule has 1 amide bonds. The number of nitrogens with two attached hydrogens (primary N) is 1. The van der Waals surface area contributed by atoms with E-state index in [0.717, 1.165) is 5.56 Å². The lowest BCUT2D eigenvalue weighted by Gasteiger charge is -2.22. The molecular formula is C12H18N2O. The number of rotatable bonds is 3. The molecule has 0 aliphatic carbocycles. The van der Waals surface area contributed by atoms with Crippen molar-refractivity contribution < 1.29 is 4.79 Å². The van der Waals surface area contributed by atoms with E-state index in [4.69, 9.17) is 5.73 Å². The Hall–Kier alpha value is -1.35. The summed E-state index contributed by atoms with van der Waals surface area (Å²) in [6, 6.07) is 9.80. The number of hydrogen-bond donors (Lipinski definition) is 2. The monoisotopic (exact) mass is 206 g/mol. The van der Waals surface area contributed by atoms with Crippen LogP contribution in [0.1, 0.15) is 32.4 Å². The molecule has 3 nitrogen and oxygen atoms in total. The Bertz CT molecular complexity index is 327. The first-order valence-electron chi connectivity index (χ1n) is 5.06. The third kappa shape index (κ3) is 3.36. The first-order valence-corrected chi connectivity index (χ1v) is 5.06. The molecule has 0 heterocycles. The predicted octanol–water partition coefficient (Wildman–Crippen LogP) is 1.60. The quantitative estimate of drug-likeness (QED) is 0.789. The van der Waals surface area contributed by atoms with Gasteiger partial charge in [0.05, 0.1) is 11.6 Å². The highest BCUT2D eigenvalue weighted by Crippen LogP contribution is 2.12. The molecule has 0 unspecified atom stereocenters. The zero-order valence-corrected chi connectivity index (χ0v) is 9.45. The van der Waals surface area contributed by atoms with E-state index in [9.17, 15) is 4.79 Å². The summed E-state index contributed by atoms with van der Waals surface area (Å²) in [4.78, 5) is 11.6. The number of nitrogens with one attached hydrogen (secondary N) is 1. The van der Waals surface area contributed by atoms with E-state index in [1.807, 2.05) is 37.3 Å². The molecule has 0 aliphatic heterocycles. The maximum atomic E-state index is 11.6. The summed E-state index contributed by atoms with van der Waals surface area (Å²) >= 11 is 0. The smallest absolute Gasteiger partial charge is 0.239 e. The normalized spacial score (nSPS) is 13.3. The van der Waals surface area contributed by atoms with E-state index in [0.29, 0.717) is 0 Å². The van der Waals surface area contributed by atoms with Crippen molar-refractivity contribution >= 4 is 5.91 Å². The van der Waals surface area contributed by atoms with Crippen LogP contribution in [0, 0.1) is 0 Å². The summed E-state index contributed by atoms with van der Waals surface area (Å²) < 4.78 is 0. The van der Waals surface area contributed by atoms with Crippen LogP contribution < -0.4 is 11.1 Å². The average Bonchev–Trinajstić information content (AvgIpc) is 2.17. The maximum Gasteiger partial charge on any atom is 0.239 e. The van der Waals surface area contributed by atoms with Gasteiger partial charge in [0.25, 0.3) is 0 Å². The van der Waals surface area contributed by atoms with E-state index < -0.39 is 5.54 Å². The molecule has 0 saturated carbocycles. The van der Waals surface area contributed by atoms with Gasteiger partial charge in [-0.25, -0.2) is 0 Å². The van der Waals surface area contributed by atoms with Gasteiger partial charge in [0.1, 0.15) is 0 Å². The summed E-state index contributed by atoms with van der Waals surface area (Å²) in [7, 11) is 0. The number of amides is 1. The highest BCUT2D eigenvalue weighted by atomic mass is 16.2. The molecule has 0 fully saturated rings. The second kappa shape index (κ2) is 4.45. The molecule has 82 valence electrons. The Morgan fingerprint density at radius 2 is 1.87 bits per heavy atom. The third-order valence-corrected chi connectivity index (χ3v) is 2.23. The molecule has 3 N–H and O–H groups in total. The fraction of sp³-hybridized carbons (Fsp3) is 0.417. The summed E-state index contributed by atoms with van der Waals surface area (Å²) in [5.41, 5.74) is 5.94. The Kier molecular flexibility index (Phi) is 3.48. The molecule has 1 aromatic carbocycles. The third-order valence-electron chi connectivity index (χ3n) is 2.23. The number of benzene rings is 1. The fourth-order valence-corrected chi connectivity index (χ4v) is 1.21. The van der Waals surface area contributed by atoms with E-state index in [1.54, 1.807) is 13.8 Å². The van der Waals surface area contributed by atoms with Crippen molar-refractivity contribution in [3.63, 3.8) is 0 Å². The topological polar surface area (TPSA) is 55.1 Å². The molecule has 0 aromatic heterocycles. The van der Waals surface area contributed by atoms with Gasteiger partial charge in [-0.05, 0) is 26.3 Å². The predicted molar refractivity (Wildman–Crippen MR) is 61.3 cm³/mol. The summed E-state index contributed by atoms with van der Waals surface area (Å²) in [5.74, 6) is -0.140. The summed E-state index contributed by atoms with van der Waals surface area (Å²) in [6.45, 7) is 5.33. The lowest BCUT2D eigenvalue weighted by atomic mass is 10.0. The van der Waals surface area contributed by atoms with E-state index in [-0.39, 0.29) is 11.9 Å². The van der Waals surface area contributed by atoms with Crippen LogP contribution in [0.3, 0.4) is 0 Å². The number of carbonyl (C=O) groups is 1. The van der Waals surface area contributed by atoms with Gasteiger partial charge in [0.15, 0.2) is 0 Å². The van der Waals surface area contributed by atoms with Crippen LogP contribution in [0.4, 0.5) is 0 Å². The van der Waals surface area contributed by atoms with Crippen LogP contribution >= 0.6 is 0 Å². The van der Waals surface area contributed by atoms with Crippen LogP contribution in [0.5, 0.6) is 0 Å². The number of carbonyl (C=O) groups excluding carboxylic acids is 1. The van der Waals surface area contributed by atoms with Crippen LogP contribution in [-0.4, -0.2) is 11.4 Å². The van der Waals surface area contributed by atoms with Crippen LogP contribution in [-0.2, 0) is 4.79 Å². The summed E-state index contributed by atoms with van der Waals surface area (Å²) in [6.07, 6.45) is 0. The van der Waals surface area contributed by atoms with Crippen molar-refractivity contribution in [1.82, 2.24) is 5.32 Å². The van der Waals surface area contributed by atoms with Gasteiger partial charge in [0, 0.05) is 0 Å². The SMILES string of the molecule is C[C@H](NC(=O)C(C)(C)N)c1ccccc1. The lowest BCUT2D eigenvalue weighted by molar-refractivity contribution is -0.125. The molecule has 3 heteroatoms. The molecular weight excluding hydrogens is 188 g/mol. The Morgan fingerprint density at radius 3 is 2.33 bits per heavy atom. The van der Waals surface area contributed by atoms with Gasteiger partial charge in [-0.1, -0.05) is 30.3 Å². The Labute approximate surface area is 90.7 Å². The average molecular weight is 206 g/mol. The van der Waals surface area contributed by atoms with Crippen molar-refractivity contribution in [2.24, 2.45) is 5.73 Å². The van der Waals surface area contributed by atoms with E-state index >= 15 is 0 Å². The van der Waals surface area contributed by atoms with Crippen LogP contribution in [0.15, 0.2) is 30.3 Å². The molecule has 1 aromatic rings. The molecule has 0 spiro atoms. The Morgan fingerprint density at radius 1 is 1.33 bits per heavy atom. The van der Waals surface area contributed by atoms with Gasteiger partial charge >= 0.3 is 0 Å². The van der Waals surface area contributed by atoms with E-state index in [2.05, 4.69) is 5.32 Å². The number of hydrogen-bond acceptors (Lipinski definition) is 2. The fourth-order valence-electron chi connectivity index (χ4n) is 1.21. The van der Waals surface area contributed by atoms with Gasteiger partial charge in [-0.2, -0.15) is 0 Å². The molecule has 0 radical (unpaired) electrons. The van der Waals surface area contributed by atoms with Gasteiger partial charge in [-0.3, -0.25) is 4.79 Å². The summed E-state index contributed by atoms with van der Waals surface area (Å²) in [5, 5.41) is 2.87. The Balaban J connectivity index is 2.65. The second-order valence-electron chi connectivity index (χ2n) is 4.33. The van der Waals surface area contributed by atoms with Gasteiger partial charge in [0.2, 0.25) is 5.91 Å². The van der Waals surface area contributed by atoms with Crippen molar-refractivity contribution in [2.45, 2.75) is 32.4 Å². The molecule has 0 saturated heterocycles. The van der Waals surface area contributed by atoms with Crippen molar-refractivity contribution in [1.29, 1.82) is 0 Å². The van der Waals surface area contributed by atoms with Gasteiger partial charge in [-0.15, -0.1) is 0 Å². The van der Waals surface area contributed by atoms with Crippen LogP contribution in [0.25, 0.3) is 0 Å². The van der Waals surface area contributed by atoms with Crippen molar-refractivity contribution in [2.75, 3.05) is 0 Å². The molecule has 0 aliphatic rings. The van der Waals surface area contributed by atoms with Crippen molar-refractivity contribution in [3.05, 3.63) is 35.9 Å². The zero-order valence-electron chi connectivity index (χ0n) is 9.45. The van der Waals surface area contributed by atoms with Crippen LogP contribution in [0.2, 0.25) is 0 Å². The first-order chi connectivity index (χ1) is 6.91. The zero-order chi connectivity index (χ0) is 11.5. The maximum absolute atomic E-state index is 11.6. The minimum atomic E-state index is -0.830. The molecule has 1 rings (SSSR count). The molecule has 15 heavy (non-hydrogen) atoms. The first kappa shape index (κ1) is 11.7. The molecule has 0 bridgehead atoms. The lowest BCUT2D eigenvalue weighted by Crippen LogP contribution is -2.49. The minimum Gasteiger partial charge on any atom is -0.348 e. The molecule has 1 atom stereocenters. The highest BCUT2D eigenvalue weighted by Gasteiger charge is 2.23. The second-order valence-corrected chi connectivity index (χ2v) is 4.33. The largest absolute Gasteiger partial charge is 0.348 e. The minimum absolute atomic E-state index is 0.0125. The van der Waals surface area contributed by atoms with E-state index in [1.165, 1.54) is 0 Å². The highest BCUT2D eigenvalue weighted by molar-refractivity contribution is 5.85. The standard InChI is InChI=1S/C12H18N2O/c1-9(10-7-5-4-6-8-10)14-11(15)12(2,3)13/h4-9H,13H2,1-3H3,(H,14,15)/t9-/m0/s1.